The standard InChI is InChI=1S/C16H18ClN3O2/c1-16(2,3)15(22)19-13-8-11(17)5-6-12(13)10-7-14(21)20(4)18-9-10/h5-9H,1-4H3,(H,19,22). The van der Waals surface area contributed by atoms with Crippen LogP contribution in [0, 0.1) is 5.41 Å². The molecule has 1 aromatic carbocycles. The first-order chi connectivity index (χ1) is 10.2. The van der Waals surface area contributed by atoms with Gasteiger partial charge in [0.05, 0.1) is 11.9 Å². The Labute approximate surface area is 133 Å². The molecule has 0 radical (unpaired) electrons. The van der Waals surface area contributed by atoms with E-state index < -0.39 is 5.41 Å². The molecule has 116 valence electrons. The van der Waals surface area contributed by atoms with Crippen LogP contribution in [-0.2, 0) is 11.8 Å². The summed E-state index contributed by atoms with van der Waals surface area (Å²) in [5, 5.41) is 7.37. The van der Waals surface area contributed by atoms with Gasteiger partial charge in [0.2, 0.25) is 5.91 Å². The van der Waals surface area contributed by atoms with Crippen LogP contribution in [0.2, 0.25) is 5.02 Å². The van der Waals surface area contributed by atoms with Crippen LogP contribution in [0.1, 0.15) is 20.8 Å². The van der Waals surface area contributed by atoms with Gasteiger partial charge >= 0.3 is 0 Å². The third-order valence-electron chi connectivity index (χ3n) is 3.19. The molecule has 1 heterocycles. The lowest BCUT2D eigenvalue weighted by atomic mass is 9.95. The summed E-state index contributed by atoms with van der Waals surface area (Å²) < 4.78 is 1.24. The molecule has 0 aliphatic heterocycles. The molecule has 1 N–H and O–H groups in total. The number of hydrogen-bond acceptors (Lipinski definition) is 3. The van der Waals surface area contributed by atoms with Crippen molar-refractivity contribution in [2.24, 2.45) is 12.5 Å². The maximum absolute atomic E-state index is 12.2. The minimum absolute atomic E-state index is 0.132. The van der Waals surface area contributed by atoms with Crippen LogP contribution in [0.15, 0.2) is 35.3 Å². The number of benzene rings is 1. The van der Waals surface area contributed by atoms with Crippen molar-refractivity contribution >= 4 is 23.2 Å². The normalized spacial score (nSPS) is 11.3. The summed E-state index contributed by atoms with van der Waals surface area (Å²) in [5.74, 6) is -0.132. The van der Waals surface area contributed by atoms with E-state index in [9.17, 15) is 9.59 Å². The van der Waals surface area contributed by atoms with Crippen LogP contribution in [0.5, 0.6) is 0 Å². The average Bonchev–Trinajstić information content (AvgIpc) is 2.41. The van der Waals surface area contributed by atoms with Crippen molar-refractivity contribution in [3.63, 3.8) is 0 Å². The van der Waals surface area contributed by atoms with E-state index in [1.165, 1.54) is 10.7 Å². The fourth-order valence-electron chi connectivity index (χ4n) is 1.80. The molecule has 2 rings (SSSR count). The van der Waals surface area contributed by atoms with Crippen LogP contribution >= 0.6 is 11.6 Å². The van der Waals surface area contributed by atoms with Gasteiger partial charge in [0.25, 0.3) is 5.56 Å². The maximum Gasteiger partial charge on any atom is 0.267 e. The Morgan fingerprint density at radius 2 is 1.95 bits per heavy atom. The lowest BCUT2D eigenvalue weighted by Crippen LogP contribution is -2.28. The first-order valence-electron chi connectivity index (χ1n) is 6.83. The molecule has 0 atom stereocenters. The SMILES string of the molecule is Cn1ncc(-c2ccc(Cl)cc2NC(=O)C(C)(C)C)cc1=O. The zero-order chi connectivity index (χ0) is 16.5. The van der Waals surface area contributed by atoms with E-state index in [0.717, 1.165) is 0 Å². The van der Waals surface area contributed by atoms with E-state index in [2.05, 4.69) is 10.4 Å². The summed E-state index contributed by atoms with van der Waals surface area (Å²) in [6, 6.07) is 6.61. The molecule has 1 amide bonds. The van der Waals surface area contributed by atoms with E-state index in [0.29, 0.717) is 21.8 Å². The van der Waals surface area contributed by atoms with E-state index >= 15 is 0 Å². The Morgan fingerprint density at radius 3 is 2.55 bits per heavy atom. The minimum atomic E-state index is -0.537. The summed E-state index contributed by atoms with van der Waals surface area (Å²) in [6.45, 7) is 5.48. The Morgan fingerprint density at radius 1 is 1.27 bits per heavy atom. The van der Waals surface area contributed by atoms with E-state index in [-0.39, 0.29) is 11.5 Å². The lowest BCUT2D eigenvalue weighted by molar-refractivity contribution is -0.123. The number of rotatable bonds is 2. The maximum atomic E-state index is 12.2. The second-order valence-electron chi connectivity index (χ2n) is 6.10. The van der Waals surface area contributed by atoms with Gasteiger partial charge in [-0.25, -0.2) is 4.68 Å². The number of aromatic nitrogens is 2. The average molecular weight is 320 g/mol. The Bertz CT molecular complexity index is 776. The largest absolute Gasteiger partial charge is 0.325 e. The molecule has 0 unspecified atom stereocenters. The molecule has 0 aliphatic carbocycles. The second kappa shape index (κ2) is 5.93. The van der Waals surface area contributed by atoms with Gasteiger partial charge in [-0.05, 0) is 12.1 Å². The molecular weight excluding hydrogens is 302 g/mol. The number of anilines is 1. The highest BCUT2D eigenvalue weighted by atomic mass is 35.5. The lowest BCUT2D eigenvalue weighted by Gasteiger charge is -2.19. The molecule has 6 heteroatoms. The number of nitrogens with zero attached hydrogens (tertiary/aromatic N) is 2. The van der Waals surface area contributed by atoms with Crippen LogP contribution < -0.4 is 10.9 Å². The fourth-order valence-corrected chi connectivity index (χ4v) is 1.97. The summed E-state index contributed by atoms with van der Waals surface area (Å²) in [7, 11) is 1.58. The summed E-state index contributed by atoms with van der Waals surface area (Å²) >= 11 is 6.03. The van der Waals surface area contributed by atoms with Gasteiger partial charge in [-0.2, -0.15) is 5.10 Å². The number of carbonyl (C=O) groups excluding carboxylic acids is 1. The van der Waals surface area contributed by atoms with Crippen molar-refractivity contribution in [3.05, 3.63) is 45.8 Å². The predicted molar refractivity (Wildman–Crippen MR) is 88.0 cm³/mol. The summed E-state index contributed by atoms with van der Waals surface area (Å²) in [6.07, 6.45) is 1.58. The molecule has 22 heavy (non-hydrogen) atoms. The highest BCUT2D eigenvalue weighted by Crippen LogP contribution is 2.31. The van der Waals surface area contributed by atoms with Crippen molar-refractivity contribution in [2.45, 2.75) is 20.8 Å². The number of carbonyl (C=O) groups is 1. The fraction of sp³-hybridized carbons (Fsp3) is 0.312. The van der Waals surface area contributed by atoms with Crippen LogP contribution in [-0.4, -0.2) is 15.7 Å². The van der Waals surface area contributed by atoms with Crippen molar-refractivity contribution in [1.29, 1.82) is 0 Å². The number of aryl methyl sites for hydroxylation is 1. The van der Waals surface area contributed by atoms with Gasteiger partial charge in [0, 0.05) is 34.7 Å². The Balaban J connectivity index is 2.50. The van der Waals surface area contributed by atoms with Gasteiger partial charge in [-0.1, -0.05) is 38.4 Å². The van der Waals surface area contributed by atoms with E-state index in [4.69, 9.17) is 11.6 Å². The zero-order valence-electron chi connectivity index (χ0n) is 13.0. The molecule has 0 aliphatic rings. The smallest absolute Gasteiger partial charge is 0.267 e. The molecule has 0 fully saturated rings. The highest BCUT2D eigenvalue weighted by molar-refractivity contribution is 6.31. The molecule has 0 saturated carbocycles. The highest BCUT2D eigenvalue weighted by Gasteiger charge is 2.22. The van der Waals surface area contributed by atoms with E-state index in [1.54, 1.807) is 31.4 Å². The zero-order valence-corrected chi connectivity index (χ0v) is 13.7. The Kier molecular flexibility index (Phi) is 4.37. The van der Waals surface area contributed by atoms with Crippen LogP contribution in [0.25, 0.3) is 11.1 Å². The first-order valence-corrected chi connectivity index (χ1v) is 7.21. The second-order valence-corrected chi connectivity index (χ2v) is 6.54. The number of halogens is 1. The minimum Gasteiger partial charge on any atom is -0.325 e. The number of hydrogen-bond donors (Lipinski definition) is 1. The van der Waals surface area contributed by atoms with Gasteiger partial charge in [-0.3, -0.25) is 9.59 Å². The van der Waals surface area contributed by atoms with Crippen molar-refractivity contribution in [3.8, 4) is 11.1 Å². The molecule has 0 bridgehead atoms. The van der Waals surface area contributed by atoms with E-state index in [1.807, 2.05) is 20.8 Å². The third kappa shape index (κ3) is 3.54. The van der Waals surface area contributed by atoms with Crippen molar-refractivity contribution < 1.29 is 4.79 Å². The molecule has 5 nitrogen and oxygen atoms in total. The summed E-state index contributed by atoms with van der Waals surface area (Å²) in [5.41, 5.74) is 1.13. The number of nitrogens with one attached hydrogen (secondary N) is 1. The van der Waals surface area contributed by atoms with Crippen molar-refractivity contribution in [2.75, 3.05) is 5.32 Å². The van der Waals surface area contributed by atoms with Crippen LogP contribution in [0.4, 0.5) is 5.69 Å². The van der Waals surface area contributed by atoms with Crippen molar-refractivity contribution in [1.82, 2.24) is 9.78 Å². The Hall–Kier alpha value is -2.14. The molecule has 0 spiro atoms. The quantitative estimate of drug-likeness (QED) is 0.925. The van der Waals surface area contributed by atoms with Gasteiger partial charge in [-0.15, -0.1) is 0 Å². The number of amides is 1. The van der Waals surface area contributed by atoms with Gasteiger partial charge in [0.15, 0.2) is 0 Å². The van der Waals surface area contributed by atoms with Crippen LogP contribution in [0.3, 0.4) is 0 Å². The molecule has 1 aromatic heterocycles. The summed E-state index contributed by atoms with van der Waals surface area (Å²) in [4.78, 5) is 24.0. The first kappa shape index (κ1) is 16.2. The molecular formula is C16H18ClN3O2. The predicted octanol–water partition coefficient (Wildman–Crippen LogP) is 3.09. The molecule has 0 saturated heterocycles. The van der Waals surface area contributed by atoms with Gasteiger partial charge < -0.3 is 5.32 Å². The monoisotopic (exact) mass is 319 g/mol. The van der Waals surface area contributed by atoms with Gasteiger partial charge in [0.1, 0.15) is 0 Å². The third-order valence-corrected chi connectivity index (χ3v) is 3.43. The molecule has 2 aromatic rings. The topological polar surface area (TPSA) is 64.0 Å².